The first-order valence-corrected chi connectivity index (χ1v) is 2.83. The molecule has 0 heterocycles. The predicted octanol–water partition coefficient (Wildman–Crippen LogP) is 2.11. The first kappa shape index (κ1) is 4.57. The van der Waals surface area contributed by atoms with E-state index in [1.807, 2.05) is 6.92 Å². The minimum Gasteiger partial charge on any atom is -0.295 e. The molecule has 0 bridgehead atoms. The van der Waals surface area contributed by atoms with Gasteiger partial charge in [0.15, 0.2) is 5.78 Å². The second-order valence-corrected chi connectivity index (χ2v) is 1.58. The highest BCUT2D eigenvalue weighted by atomic mass is 35.5. The molecule has 0 aromatic heterocycles. The van der Waals surface area contributed by atoms with Gasteiger partial charge < -0.3 is 0 Å². The Morgan fingerprint density at radius 2 is 2.62 bits per heavy atom. The maximum Gasteiger partial charge on any atom is 0.156 e. The largest absolute Gasteiger partial charge is 0.295 e. The number of carbonyl (C=O) groups is 1. The molecule has 0 aromatic rings. The standard InChI is InChI=1S/C6H9ClO/c1-2-3-6(8)4-5-7/h4-5H,2-3H2,1H3/b5-4+/i4D,5D. The van der Waals surface area contributed by atoms with Crippen molar-refractivity contribution in [3.8, 4) is 0 Å². The van der Waals surface area contributed by atoms with Gasteiger partial charge in [-0.1, -0.05) is 18.5 Å². The lowest BCUT2D eigenvalue weighted by atomic mass is 10.2. The van der Waals surface area contributed by atoms with Gasteiger partial charge in [0, 0.05) is 11.9 Å². The van der Waals surface area contributed by atoms with E-state index in [-0.39, 0.29) is 11.8 Å². The fraction of sp³-hybridized carbons (Fsp3) is 0.500. The fourth-order valence-electron chi connectivity index (χ4n) is 0.342. The molecule has 8 heavy (non-hydrogen) atoms. The van der Waals surface area contributed by atoms with Crippen molar-refractivity contribution in [1.29, 1.82) is 0 Å². The lowest BCUT2D eigenvalue weighted by Crippen LogP contribution is -1.88. The monoisotopic (exact) mass is 134 g/mol. The van der Waals surface area contributed by atoms with Crippen molar-refractivity contribution in [3.05, 3.63) is 11.6 Å². The summed E-state index contributed by atoms with van der Waals surface area (Å²) in [5.74, 6) is -0.359. The Morgan fingerprint density at radius 1 is 2.00 bits per heavy atom. The molecule has 1 nitrogen and oxygen atoms in total. The van der Waals surface area contributed by atoms with Crippen molar-refractivity contribution in [2.24, 2.45) is 0 Å². The van der Waals surface area contributed by atoms with E-state index in [0.29, 0.717) is 12.8 Å². The quantitative estimate of drug-likeness (QED) is 0.541. The molecule has 0 fully saturated rings. The Bertz CT molecular complexity index is 161. The first-order valence-electron chi connectivity index (χ1n) is 3.45. The van der Waals surface area contributed by atoms with Crippen LogP contribution in [-0.4, -0.2) is 5.78 Å². The molecule has 0 aromatic carbocycles. The molecule has 0 rings (SSSR count). The molecule has 0 unspecified atom stereocenters. The van der Waals surface area contributed by atoms with Gasteiger partial charge in [0.1, 0.15) is 0 Å². The van der Waals surface area contributed by atoms with E-state index in [0.717, 1.165) is 0 Å². The van der Waals surface area contributed by atoms with Gasteiger partial charge >= 0.3 is 0 Å². The van der Waals surface area contributed by atoms with E-state index < -0.39 is 5.51 Å². The van der Waals surface area contributed by atoms with Crippen LogP contribution in [0.2, 0.25) is 0 Å². The van der Waals surface area contributed by atoms with Gasteiger partial charge in [-0.3, -0.25) is 4.79 Å². The summed E-state index contributed by atoms with van der Waals surface area (Å²) in [5.41, 5.74) is -0.474. The number of ketones is 1. The molecule has 2 heteroatoms. The zero-order valence-corrected chi connectivity index (χ0v) is 5.46. The van der Waals surface area contributed by atoms with Crippen LogP contribution in [0.5, 0.6) is 0 Å². The summed E-state index contributed by atoms with van der Waals surface area (Å²) in [6.45, 7) is 1.84. The molecule has 0 spiro atoms. The van der Waals surface area contributed by atoms with Crippen LogP contribution in [0.4, 0.5) is 0 Å². The molecule has 0 aliphatic heterocycles. The summed E-state index contributed by atoms with van der Waals surface area (Å²) in [7, 11) is 0. The number of rotatable bonds is 3. The third-order valence-corrected chi connectivity index (χ3v) is 0.758. The Labute approximate surface area is 57.1 Å². The van der Waals surface area contributed by atoms with Crippen LogP contribution in [0.15, 0.2) is 11.6 Å². The van der Waals surface area contributed by atoms with Crippen LogP contribution >= 0.6 is 11.6 Å². The van der Waals surface area contributed by atoms with Gasteiger partial charge in [-0.05, 0) is 12.5 Å². The van der Waals surface area contributed by atoms with Crippen LogP contribution in [-0.2, 0) is 4.79 Å². The van der Waals surface area contributed by atoms with E-state index in [9.17, 15) is 4.79 Å². The minimum atomic E-state index is -0.474. The van der Waals surface area contributed by atoms with Crippen LogP contribution in [0, 0.1) is 0 Å². The van der Waals surface area contributed by atoms with Crippen molar-refractivity contribution in [2.45, 2.75) is 19.8 Å². The first-order chi connectivity index (χ1) is 4.59. The SMILES string of the molecule is [2H]/C(Cl)=C(/[2H])C(=O)CCC. The second kappa shape index (κ2) is 4.85. The van der Waals surface area contributed by atoms with Crippen molar-refractivity contribution in [3.63, 3.8) is 0 Å². The van der Waals surface area contributed by atoms with E-state index >= 15 is 0 Å². The number of allylic oxidation sites excluding steroid dienone is 1. The third-order valence-electron chi connectivity index (χ3n) is 0.664. The summed E-state index contributed by atoms with van der Waals surface area (Å²) in [6, 6.07) is -0.386. The summed E-state index contributed by atoms with van der Waals surface area (Å²) in [4.78, 5) is 10.7. The highest BCUT2D eigenvalue weighted by Crippen LogP contribution is 1.90. The van der Waals surface area contributed by atoms with Gasteiger partial charge in [0.25, 0.3) is 0 Å². The summed E-state index contributed by atoms with van der Waals surface area (Å²) in [5, 5.41) is 0. The molecule has 0 saturated heterocycles. The predicted molar refractivity (Wildman–Crippen MR) is 34.9 cm³/mol. The van der Waals surface area contributed by atoms with Gasteiger partial charge in [0.05, 0.1) is 2.74 Å². The van der Waals surface area contributed by atoms with Crippen LogP contribution in [0.1, 0.15) is 22.5 Å². The third kappa shape index (κ3) is 3.88. The van der Waals surface area contributed by atoms with Crippen molar-refractivity contribution < 1.29 is 7.54 Å². The molecular weight excluding hydrogens is 124 g/mol. The zero-order chi connectivity index (χ0) is 8.15. The molecule has 0 atom stereocenters. The normalized spacial score (nSPS) is 16.2. The Balaban J connectivity index is 4.09. The molecule has 0 aliphatic rings. The molecule has 0 amide bonds. The lowest BCUT2D eigenvalue weighted by molar-refractivity contribution is -0.114. The van der Waals surface area contributed by atoms with Gasteiger partial charge in [-0.15, -0.1) is 0 Å². The van der Waals surface area contributed by atoms with E-state index in [1.165, 1.54) is 0 Å². The number of carbonyl (C=O) groups excluding carboxylic acids is 1. The maximum absolute atomic E-state index is 10.7. The molecule has 0 N–H and O–H groups in total. The average molecular weight is 135 g/mol. The minimum absolute atomic E-state index is 0.300. The summed E-state index contributed by atoms with van der Waals surface area (Å²) in [6.07, 6.45) is 0.985. The van der Waals surface area contributed by atoms with Gasteiger partial charge in [0.2, 0.25) is 0 Å². The Morgan fingerprint density at radius 3 is 3.00 bits per heavy atom. The Kier molecular flexibility index (Phi) is 2.77. The summed E-state index contributed by atoms with van der Waals surface area (Å²) >= 11 is 5.10. The molecule has 0 radical (unpaired) electrons. The van der Waals surface area contributed by atoms with E-state index in [1.54, 1.807) is 0 Å². The molecule has 46 valence electrons. The van der Waals surface area contributed by atoms with Crippen LogP contribution < -0.4 is 0 Å². The average Bonchev–Trinajstić information content (AvgIpc) is 1.87. The van der Waals surface area contributed by atoms with Gasteiger partial charge in [-0.25, -0.2) is 0 Å². The van der Waals surface area contributed by atoms with E-state index in [4.69, 9.17) is 14.3 Å². The van der Waals surface area contributed by atoms with Crippen molar-refractivity contribution in [2.75, 3.05) is 0 Å². The van der Waals surface area contributed by atoms with Crippen molar-refractivity contribution >= 4 is 17.4 Å². The molecule has 0 aliphatic carbocycles. The highest BCUT2D eigenvalue weighted by Gasteiger charge is 1.89. The molecule has 0 saturated carbocycles. The maximum atomic E-state index is 10.7. The number of hydrogen-bond acceptors (Lipinski definition) is 1. The summed E-state index contributed by atoms with van der Waals surface area (Å²) < 4.78 is 13.7. The topological polar surface area (TPSA) is 17.1 Å². The fourth-order valence-corrected chi connectivity index (χ4v) is 0.448. The van der Waals surface area contributed by atoms with E-state index in [2.05, 4.69) is 0 Å². The van der Waals surface area contributed by atoms with Crippen LogP contribution in [0.3, 0.4) is 0 Å². The smallest absolute Gasteiger partial charge is 0.156 e. The number of hydrogen-bond donors (Lipinski definition) is 0. The Hall–Kier alpha value is -0.300. The highest BCUT2D eigenvalue weighted by molar-refractivity contribution is 6.26. The molecular formula is C6H9ClO. The van der Waals surface area contributed by atoms with Crippen LogP contribution in [0.25, 0.3) is 0 Å². The van der Waals surface area contributed by atoms with Gasteiger partial charge in [-0.2, -0.15) is 0 Å². The number of halogens is 1. The second-order valence-electron chi connectivity index (χ2n) is 1.39. The van der Waals surface area contributed by atoms with Crippen molar-refractivity contribution in [1.82, 2.24) is 0 Å². The lowest BCUT2D eigenvalue weighted by Gasteiger charge is -1.84. The zero-order valence-electron chi connectivity index (χ0n) is 6.70.